The van der Waals surface area contributed by atoms with Crippen molar-refractivity contribution in [2.24, 2.45) is 0 Å². The molecule has 2 aromatic carbocycles. The van der Waals surface area contributed by atoms with E-state index >= 15 is 0 Å². The molecule has 1 atom stereocenters. The second kappa shape index (κ2) is 6.95. The first-order valence-corrected chi connectivity index (χ1v) is 9.14. The number of morpholine rings is 1. The Hall–Kier alpha value is -3.02. The van der Waals surface area contributed by atoms with Gasteiger partial charge in [0.25, 0.3) is 0 Å². The van der Waals surface area contributed by atoms with Crippen molar-refractivity contribution in [1.29, 1.82) is 0 Å². The molecule has 1 unspecified atom stereocenters. The van der Waals surface area contributed by atoms with Crippen molar-refractivity contribution >= 4 is 5.65 Å². The number of fused-ring (bicyclic) bond motifs is 1. The zero-order chi connectivity index (χ0) is 18.1. The Morgan fingerprint density at radius 3 is 2.33 bits per heavy atom. The average Bonchev–Trinajstić information content (AvgIpc) is 3.19. The molecule has 4 aromatic rings. The molecule has 1 aliphatic heterocycles. The number of benzene rings is 2. The van der Waals surface area contributed by atoms with Gasteiger partial charge >= 0.3 is 0 Å². The molecule has 3 heterocycles. The van der Waals surface area contributed by atoms with Gasteiger partial charge < -0.3 is 4.74 Å². The molecule has 0 bridgehead atoms. The van der Waals surface area contributed by atoms with Crippen LogP contribution in [0.15, 0.2) is 72.8 Å². The van der Waals surface area contributed by atoms with Gasteiger partial charge in [0, 0.05) is 23.7 Å². The molecular weight excluding hydrogens is 336 g/mol. The molecule has 0 aliphatic carbocycles. The summed E-state index contributed by atoms with van der Waals surface area (Å²) in [6.45, 7) is 1.98. The first-order chi connectivity index (χ1) is 13.4. The highest BCUT2D eigenvalue weighted by Gasteiger charge is 2.21. The van der Waals surface area contributed by atoms with E-state index in [0.717, 1.165) is 33.9 Å². The van der Waals surface area contributed by atoms with E-state index in [1.807, 2.05) is 47.0 Å². The topological polar surface area (TPSA) is 53.5 Å². The molecular formula is C22H19N4O. The summed E-state index contributed by atoms with van der Waals surface area (Å²) in [4.78, 5) is 4.87. The van der Waals surface area contributed by atoms with E-state index in [1.54, 1.807) is 0 Å². The third-order valence-corrected chi connectivity index (χ3v) is 4.79. The van der Waals surface area contributed by atoms with E-state index in [4.69, 9.17) is 14.8 Å². The number of hydrogen-bond donors (Lipinski definition) is 0. The van der Waals surface area contributed by atoms with Crippen molar-refractivity contribution in [3.63, 3.8) is 0 Å². The summed E-state index contributed by atoms with van der Waals surface area (Å²) in [6.07, 6.45) is 0. The van der Waals surface area contributed by atoms with Crippen molar-refractivity contribution < 1.29 is 4.74 Å². The summed E-state index contributed by atoms with van der Waals surface area (Å²) in [6, 6.07) is 24.6. The van der Waals surface area contributed by atoms with Crippen molar-refractivity contribution in [3.8, 4) is 22.5 Å². The lowest BCUT2D eigenvalue weighted by Gasteiger charge is -2.19. The number of ether oxygens (including phenoxy) is 1. The maximum absolute atomic E-state index is 5.58. The van der Waals surface area contributed by atoms with E-state index < -0.39 is 0 Å². The summed E-state index contributed by atoms with van der Waals surface area (Å²) >= 11 is 0. The first kappa shape index (κ1) is 16.2. The molecule has 1 aliphatic rings. The Kier molecular flexibility index (Phi) is 4.16. The van der Waals surface area contributed by atoms with E-state index in [9.17, 15) is 0 Å². The highest BCUT2D eigenvalue weighted by molar-refractivity contribution is 5.71. The lowest BCUT2D eigenvalue weighted by molar-refractivity contribution is 0.0731. The fraction of sp³-hybridized carbons (Fsp3) is 0.182. The Bertz CT molecular complexity index is 1050. The van der Waals surface area contributed by atoms with Gasteiger partial charge in [0.1, 0.15) is 0 Å². The van der Waals surface area contributed by atoms with E-state index in [2.05, 4.69) is 35.6 Å². The van der Waals surface area contributed by atoms with Crippen LogP contribution in [0.4, 0.5) is 0 Å². The highest BCUT2D eigenvalue weighted by atomic mass is 16.5. The Morgan fingerprint density at radius 2 is 1.63 bits per heavy atom. The Labute approximate surface area is 157 Å². The third-order valence-electron chi connectivity index (χ3n) is 4.79. The van der Waals surface area contributed by atoms with Gasteiger partial charge in [0.05, 0.1) is 36.3 Å². The van der Waals surface area contributed by atoms with Gasteiger partial charge in [-0.1, -0.05) is 60.7 Å². The maximum atomic E-state index is 5.58. The van der Waals surface area contributed by atoms with Crippen LogP contribution in [0.25, 0.3) is 28.2 Å². The summed E-state index contributed by atoms with van der Waals surface area (Å²) < 4.78 is 7.49. The van der Waals surface area contributed by atoms with Crippen molar-refractivity contribution in [2.45, 2.75) is 6.04 Å². The van der Waals surface area contributed by atoms with Crippen LogP contribution < -0.4 is 5.32 Å². The van der Waals surface area contributed by atoms with Crippen LogP contribution in [0, 0.1) is 0 Å². The molecule has 0 saturated carbocycles. The van der Waals surface area contributed by atoms with Gasteiger partial charge in [-0.05, 0) is 6.07 Å². The number of hydrogen-bond acceptors (Lipinski definition) is 3. The van der Waals surface area contributed by atoms with Crippen LogP contribution in [-0.2, 0) is 4.74 Å². The quantitative estimate of drug-likeness (QED) is 0.562. The lowest BCUT2D eigenvalue weighted by Crippen LogP contribution is -2.29. The highest BCUT2D eigenvalue weighted by Crippen LogP contribution is 2.28. The van der Waals surface area contributed by atoms with Crippen molar-refractivity contribution in [1.82, 2.24) is 19.9 Å². The molecule has 1 fully saturated rings. The molecule has 133 valence electrons. The molecule has 1 saturated heterocycles. The van der Waals surface area contributed by atoms with Gasteiger partial charge in [-0.15, -0.1) is 0 Å². The first-order valence-electron chi connectivity index (χ1n) is 9.14. The molecule has 5 heteroatoms. The molecule has 1 radical (unpaired) electrons. The fourth-order valence-electron chi connectivity index (χ4n) is 3.43. The van der Waals surface area contributed by atoms with Crippen molar-refractivity contribution in [2.75, 3.05) is 19.8 Å². The smallest absolute Gasteiger partial charge is 0.156 e. The van der Waals surface area contributed by atoms with Crippen LogP contribution in [0.1, 0.15) is 11.7 Å². The van der Waals surface area contributed by atoms with E-state index in [0.29, 0.717) is 19.8 Å². The Morgan fingerprint density at radius 1 is 0.889 bits per heavy atom. The number of aromatic nitrogens is 3. The minimum Gasteiger partial charge on any atom is -0.378 e. The zero-order valence-electron chi connectivity index (χ0n) is 14.8. The summed E-state index contributed by atoms with van der Waals surface area (Å²) in [5, 5.41) is 9.48. The number of nitrogens with zero attached hydrogens (tertiary/aromatic N) is 4. The maximum Gasteiger partial charge on any atom is 0.156 e. The minimum absolute atomic E-state index is 0.0238. The second-order valence-corrected chi connectivity index (χ2v) is 6.59. The van der Waals surface area contributed by atoms with Gasteiger partial charge in [-0.25, -0.2) is 14.8 Å². The fourth-order valence-corrected chi connectivity index (χ4v) is 3.43. The summed E-state index contributed by atoms with van der Waals surface area (Å²) in [5.74, 6) is 0. The largest absolute Gasteiger partial charge is 0.378 e. The van der Waals surface area contributed by atoms with Gasteiger partial charge in [-0.3, -0.25) is 0 Å². The van der Waals surface area contributed by atoms with Gasteiger partial charge in [0.2, 0.25) is 0 Å². The predicted octanol–water partition coefficient (Wildman–Crippen LogP) is 3.74. The van der Waals surface area contributed by atoms with Gasteiger partial charge in [0.15, 0.2) is 5.65 Å². The molecule has 27 heavy (non-hydrogen) atoms. The SMILES string of the molecule is c1ccc(-c2cc(-c3ccccc3)n3nc(C4COCC[N]4)cc3n2)cc1. The normalized spacial score (nSPS) is 17.3. The zero-order valence-corrected chi connectivity index (χ0v) is 14.8. The predicted molar refractivity (Wildman–Crippen MR) is 104 cm³/mol. The minimum atomic E-state index is -0.0238. The third kappa shape index (κ3) is 3.12. The monoisotopic (exact) mass is 355 g/mol. The lowest BCUT2D eigenvalue weighted by atomic mass is 10.1. The van der Waals surface area contributed by atoms with Crippen LogP contribution >= 0.6 is 0 Å². The average molecular weight is 355 g/mol. The Balaban J connectivity index is 1.70. The molecule has 5 rings (SSSR count). The van der Waals surface area contributed by atoms with Crippen LogP contribution in [0.3, 0.4) is 0 Å². The summed E-state index contributed by atoms with van der Waals surface area (Å²) in [5.41, 5.74) is 5.88. The number of rotatable bonds is 3. The molecule has 0 spiro atoms. The van der Waals surface area contributed by atoms with Crippen molar-refractivity contribution in [3.05, 3.63) is 78.5 Å². The van der Waals surface area contributed by atoms with Crippen LogP contribution in [-0.4, -0.2) is 34.4 Å². The van der Waals surface area contributed by atoms with E-state index in [-0.39, 0.29) is 6.04 Å². The second-order valence-electron chi connectivity index (χ2n) is 6.59. The van der Waals surface area contributed by atoms with E-state index in [1.165, 1.54) is 0 Å². The molecule has 0 amide bonds. The van der Waals surface area contributed by atoms with Crippen LogP contribution in [0.5, 0.6) is 0 Å². The molecule has 0 N–H and O–H groups in total. The van der Waals surface area contributed by atoms with Gasteiger partial charge in [-0.2, -0.15) is 5.10 Å². The summed E-state index contributed by atoms with van der Waals surface area (Å²) in [7, 11) is 0. The standard InChI is InChI=1S/C22H19N4O/c1-3-7-16(8-4-1)18-13-21(17-9-5-2-6-10-17)26-22(24-18)14-19(25-26)20-15-27-12-11-23-20/h1-10,13-14,20H,11-12,15H2. The van der Waals surface area contributed by atoms with Crippen LogP contribution in [0.2, 0.25) is 0 Å². The molecule has 2 aromatic heterocycles. The molecule has 5 nitrogen and oxygen atoms in total.